The Morgan fingerprint density at radius 3 is 1.70 bits per heavy atom. The third-order valence-corrected chi connectivity index (χ3v) is 8.01. The number of fused-ring (bicyclic) bond motifs is 2. The van der Waals surface area contributed by atoms with Gasteiger partial charge in [-0.2, -0.15) is 0 Å². The van der Waals surface area contributed by atoms with Crippen molar-refractivity contribution in [2.75, 3.05) is 26.2 Å². The van der Waals surface area contributed by atoms with Crippen molar-refractivity contribution in [3.63, 3.8) is 0 Å². The maximum Gasteiger partial charge on any atom is 0.182 e. The van der Waals surface area contributed by atoms with Crippen LogP contribution in [0.2, 0.25) is 0 Å². The van der Waals surface area contributed by atoms with Crippen LogP contribution in [-0.4, -0.2) is 49.7 Å². The molecule has 30 heavy (non-hydrogen) atoms. The zero-order valence-corrected chi connectivity index (χ0v) is 20.0. The second-order valence-electron chi connectivity index (χ2n) is 9.32. The third-order valence-electron chi connectivity index (χ3n) is 8.01. The maximum absolute atomic E-state index is 6.07. The molecule has 4 rings (SSSR count). The molecule has 2 aromatic carbocycles. The van der Waals surface area contributed by atoms with E-state index in [1.807, 2.05) is 4.81 Å². The molecule has 0 atom stereocenters. The fraction of sp³-hybridized carbons (Fsp3) is 0.500. The van der Waals surface area contributed by atoms with Gasteiger partial charge in [0.05, 0.1) is 5.69 Å². The highest BCUT2D eigenvalue weighted by Gasteiger charge is 2.29. The predicted molar refractivity (Wildman–Crippen MR) is 129 cm³/mol. The number of rotatable bonds is 0. The number of benzene rings is 2. The van der Waals surface area contributed by atoms with Crippen LogP contribution in [0.5, 0.6) is 0 Å². The molecule has 0 bridgehead atoms. The van der Waals surface area contributed by atoms with Crippen LogP contribution in [0.3, 0.4) is 0 Å². The Morgan fingerprint density at radius 2 is 1.10 bits per heavy atom. The van der Waals surface area contributed by atoms with E-state index in [0.717, 1.165) is 38.4 Å². The molecule has 2 aliphatic heterocycles. The van der Waals surface area contributed by atoms with E-state index in [2.05, 4.69) is 60.3 Å². The standard InChI is InChI=1S/C26H34BN3/c1-14-16(3)20(7)24-22(18(14)5)13-23-19(6)15(2)17(4)21(8)25(23)28-26(24)29-9-11-30(27)12-10-29/h9-13H2,1-8H3. The van der Waals surface area contributed by atoms with Crippen molar-refractivity contribution in [3.05, 3.63) is 61.2 Å². The molecule has 2 aromatic rings. The number of hydrogen-bond acceptors (Lipinski definition) is 3. The van der Waals surface area contributed by atoms with Crippen molar-refractivity contribution < 1.29 is 0 Å². The van der Waals surface area contributed by atoms with Gasteiger partial charge in [0.25, 0.3) is 0 Å². The Bertz CT molecular complexity index is 1070. The van der Waals surface area contributed by atoms with Crippen LogP contribution in [0.4, 0.5) is 5.69 Å². The average molecular weight is 399 g/mol. The molecule has 156 valence electrons. The molecule has 3 nitrogen and oxygen atoms in total. The molecule has 1 fully saturated rings. The molecule has 0 amide bonds. The molecule has 0 N–H and O–H groups in total. The quantitative estimate of drug-likeness (QED) is 0.591. The fourth-order valence-electron chi connectivity index (χ4n) is 5.15. The van der Waals surface area contributed by atoms with Crippen molar-refractivity contribution in [3.8, 4) is 0 Å². The molecule has 0 unspecified atom stereocenters. The number of nitrogens with zero attached hydrogens (tertiary/aromatic N) is 3. The van der Waals surface area contributed by atoms with E-state index in [9.17, 15) is 0 Å². The topological polar surface area (TPSA) is 18.8 Å². The van der Waals surface area contributed by atoms with Crippen LogP contribution in [0.1, 0.15) is 61.2 Å². The minimum absolute atomic E-state index is 0.870. The average Bonchev–Trinajstić information content (AvgIpc) is 2.92. The number of aliphatic imine (C=N–C) groups is 1. The smallest absolute Gasteiger partial charge is 0.182 e. The van der Waals surface area contributed by atoms with Crippen LogP contribution in [-0.2, 0) is 6.42 Å². The predicted octanol–water partition coefficient (Wildman–Crippen LogP) is 4.84. The molecule has 2 aliphatic rings. The molecular formula is C26H34BN3. The summed E-state index contributed by atoms with van der Waals surface area (Å²) in [5.41, 5.74) is 16.5. The Morgan fingerprint density at radius 1 is 0.600 bits per heavy atom. The van der Waals surface area contributed by atoms with E-state index in [-0.39, 0.29) is 0 Å². The van der Waals surface area contributed by atoms with Gasteiger partial charge in [-0.05, 0) is 111 Å². The van der Waals surface area contributed by atoms with Crippen LogP contribution in [0, 0.1) is 55.4 Å². The summed E-state index contributed by atoms with van der Waals surface area (Å²) < 4.78 is 0. The number of piperazine rings is 1. The second kappa shape index (κ2) is 7.57. The van der Waals surface area contributed by atoms with Gasteiger partial charge >= 0.3 is 0 Å². The van der Waals surface area contributed by atoms with Crippen LogP contribution >= 0.6 is 0 Å². The van der Waals surface area contributed by atoms with Gasteiger partial charge in [-0.3, -0.25) is 0 Å². The molecule has 1 saturated heterocycles. The first-order valence-corrected chi connectivity index (χ1v) is 11.2. The van der Waals surface area contributed by atoms with Gasteiger partial charge in [-0.1, -0.05) is 0 Å². The van der Waals surface area contributed by atoms with Crippen LogP contribution in [0.15, 0.2) is 4.99 Å². The highest BCUT2D eigenvalue weighted by Crippen LogP contribution is 2.41. The SMILES string of the molecule is [B]N1CCN(C2=Nc3c(C)c(C)c(C)c(C)c3Cc3c(C)c(C)c(C)c(C)c32)CC1. The minimum Gasteiger partial charge on any atom is -0.354 e. The van der Waals surface area contributed by atoms with Crippen molar-refractivity contribution in [2.45, 2.75) is 61.8 Å². The lowest BCUT2D eigenvalue weighted by Gasteiger charge is -2.36. The minimum atomic E-state index is 0.870. The summed E-state index contributed by atoms with van der Waals surface area (Å²) in [4.78, 5) is 9.83. The largest absolute Gasteiger partial charge is 0.354 e. The summed E-state index contributed by atoms with van der Waals surface area (Å²) in [6.07, 6.45) is 0.954. The van der Waals surface area contributed by atoms with E-state index in [0.29, 0.717) is 0 Å². The van der Waals surface area contributed by atoms with Crippen molar-refractivity contribution in [2.24, 2.45) is 4.99 Å². The summed E-state index contributed by atoms with van der Waals surface area (Å²) in [5.74, 6) is 1.14. The summed E-state index contributed by atoms with van der Waals surface area (Å²) in [6.45, 7) is 21.7. The first-order valence-electron chi connectivity index (χ1n) is 11.2. The Balaban J connectivity index is 2.07. The van der Waals surface area contributed by atoms with Crippen molar-refractivity contribution >= 4 is 19.5 Å². The Hall–Kier alpha value is -2.07. The van der Waals surface area contributed by atoms with Gasteiger partial charge in [0.2, 0.25) is 0 Å². The maximum atomic E-state index is 6.07. The first-order chi connectivity index (χ1) is 14.1. The molecule has 4 heteroatoms. The summed E-state index contributed by atoms with van der Waals surface area (Å²) in [5, 5.41) is 0. The lowest BCUT2D eigenvalue weighted by Crippen LogP contribution is -2.48. The van der Waals surface area contributed by atoms with Gasteiger partial charge in [0.15, 0.2) is 7.98 Å². The normalized spacial score (nSPS) is 16.8. The highest BCUT2D eigenvalue weighted by molar-refractivity contribution is 6.06. The van der Waals surface area contributed by atoms with Crippen molar-refractivity contribution in [1.29, 1.82) is 0 Å². The van der Waals surface area contributed by atoms with E-state index < -0.39 is 0 Å². The monoisotopic (exact) mass is 399 g/mol. The lowest BCUT2D eigenvalue weighted by atomic mass is 9.83. The zero-order chi connectivity index (χ0) is 21.9. The number of hydrogen-bond donors (Lipinski definition) is 0. The van der Waals surface area contributed by atoms with E-state index in [1.54, 1.807) is 0 Å². The molecular weight excluding hydrogens is 365 g/mol. The molecule has 2 radical (unpaired) electrons. The molecule has 0 aliphatic carbocycles. The van der Waals surface area contributed by atoms with Gasteiger partial charge < -0.3 is 9.71 Å². The van der Waals surface area contributed by atoms with Crippen molar-refractivity contribution in [1.82, 2.24) is 9.71 Å². The second-order valence-corrected chi connectivity index (χ2v) is 9.32. The number of amidine groups is 1. The zero-order valence-electron chi connectivity index (χ0n) is 20.0. The highest BCUT2D eigenvalue weighted by atomic mass is 15.3. The molecule has 0 aromatic heterocycles. The van der Waals surface area contributed by atoms with Crippen LogP contribution in [0.25, 0.3) is 0 Å². The summed E-state index contributed by atoms with van der Waals surface area (Å²) in [7, 11) is 6.07. The van der Waals surface area contributed by atoms with Gasteiger partial charge in [-0.25, -0.2) is 4.99 Å². The molecule has 2 heterocycles. The molecule has 0 saturated carbocycles. The first kappa shape index (κ1) is 21.2. The van der Waals surface area contributed by atoms with Gasteiger partial charge in [0.1, 0.15) is 5.84 Å². The van der Waals surface area contributed by atoms with Gasteiger partial charge in [0, 0.05) is 38.2 Å². The van der Waals surface area contributed by atoms with E-state index >= 15 is 0 Å². The van der Waals surface area contributed by atoms with Gasteiger partial charge in [-0.15, -0.1) is 0 Å². The summed E-state index contributed by atoms with van der Waals surface area (Å²) >= 11 is 0. The van der Waals surface area contributed by atoms with E-state index in [1.165, 1.54) is 66.9 Å². The third kappa shape index (κ3) is 3.12. The fourth-order valence-corrected chi connectivity index (χ4v) is 5.15. The van der Waals surface area contributed by atoms with E-state index in [4.69, 9.17) is 13.0 Å². The Labute approximate surface area is 183 Å². The van der Waals surface area contributed by atoms with Crippen LogP contribution < -0.4 is 0 Å². The Kier molecular flexibility index (Phi) is 5.34. The summed E-state index contributed by atoms with van der Waals surface area (Å²) in [6, 6.07) is 0. The lowest BCUT2D eigenvalue weighted by molar-refractivity contribution is 0.274. The molecule has 0 spiro atoms.